The number of imidazole rings is 1. The Kier molecular flexibility index (Phi) is 2.90. The van der Waals surface area contributed by atoms with Crippen molar-refractivity contribution in [3.63, 3.8) is 0 Å². The molecule has 0 saturated heterocycles. The summed E-state index contributed by atoms with van der Waals surface area (Å²) in [5.74, 6) is 1.51. The number of aromatic nitrogens is 4. The van der Waals surface area contributed by atoms with E-state index in [4.69, 9.17) is 0 Å². The number of rotatable bonds is 4. The van der Waals surface area contributed by atoms with Crippen LogP contribution in [0.15, 0.2) is 43.3 Å². The molecule has 3 aromatic heterocycles. The van der Waals surface area contributed by atoms with E-state index in [1.165, 1.54) is 12.8 Å². The van der Waals surface area contributed by atoms with Gasteiger partial charge in [-0.2, -0.15) is 0 Å². The van der Waals surface area contributed by atoms with Gasteiger partial charge in [-0.25, -0.2) is 30.7 Å². The monoisotopic (exact) mass is 321 g/mol. The lowest BCUT2D eigenvalue weighted by molar-refractivity contribution is 0.233. The Morgan fingerprint density at radius 3 is 3.08 bits per heavy atom. The summed E-state index contributed by atoms with van der Waals surface area (Å²) >= 11 is 0. The third-order valence-corrected chi connectivity index (χ3v) is 4.75. The molecular weight excluding hydrogens is 302 g/mol. The Morgan fingerprint density at radius 1 is 1.29 bits per heavy atom. The third kappa shape index (κ3) is 2.25. The Hall–Kier alpha value is -2.80. The molecule has 122 valence electrons. The summed E-state index contributed by atoms with van der Waals surface area (Å²) in [6.07, 6.45) is 16.4. The van der Waals surface area contributed by atoms with Gasteiger partial charge in [0.15, 0.2) is 0 Å². The summed E-state index contributed by atoms with van der Waals surface area (Å²) < 4.78 is 3.95. The molecule has 4 heterocycles. The lowest BCUT2D eigenvalue weighted by atomic mass is 10.1. The zero-order chi connectivity index (χ0) is 16.1. The molecule has 1 aliphatic carbocycles. The SMILES string of the molecule is C[C@H](NN1C=Cc2c(-c3cnc4nccn4c3)ccn2N1)C1CC1. The summed E-state index contributed by atoms with van der Waals surface area (Å²) in [6, 6.07) is 2.58. The van der Waals surface area contributed by atoms with Crippen LogP contribution < -0.4 is 11.0 Å². The van der Waals surface area contributed by atoms with Gasteiger partial charge in [-0.05, 0) is 37.8 Å². The van der Waals surface area contributed by atoms with E-state index in [9.17, 15) is 0 Å². The van der Waals surface area contributed by atoms with E-state index in [0.717, 1.165) is 22.7 Å². The summed E-state index contributed by atoms with van der Waals surface area (Å²) in [5.41, 5.74) is 10.1. The van der Waals surface area contributed by atoms with Crippen molar-refractivity contribution >= 4 is 11.9 Å². The number of nitrogens with zero attached hydrogens (tertiary/aromatic N) is 5. The smallest absolute Gasteiger partial charge is 0.233 e. The van der Waals surface area contributed by atoms with Gasteiger partial charge in [-0.3, -0.25) is 4.40 Å². The van der Waals surface area contributed by atoms with Crippen LogP contribution in [0.2, 0.25) is 0 Å². The van der Waals surface area contributed by atoms with Gasteiger partial charge >= 0.3 is 0 Å². The summed E-state index contributed by atoms with van der Waals surface area (Å²) in [4.78, 5) is 8.59. The van der Waals surface area contributed by atoms with Gasteiger partial charge in [0.25, 0.3) is 0 Å². The lowest BCUT2D eigenvalue weighted by Gasteiger charge is -2.30. The van der Waals surface area contributed by atoms with Crippen LogP contribution in [0.5, 0.6) is 0 Å². The number of hydrogen-bond donors (Lipinski definition) is 2. The fourth-order valence-electron chi connectivity index (χ4n) is 3.19. The molecule has 0 spiro atoms. The Labute approximate surface area is 139 Å². The highest BCUT2D eigenvalue weighted by atomic mass is 15.8. The maximum atomic E-state index is 4.40. The van der Waals surface area contributed by atoms with Crippen molar-refractivity contribution in [2.75, 3.05) is 5.53 Å². The van der Waals surface area contributed by atoms with E-state index in [-0.39, 0.29) is 0 Å². The molecule has 2 N–H and O–H groups in total. The molecule has 0 unspecified atom stereocenters. The highest BCUT2D eigenvalue weighted by molar-refractivity contribution is 5.74. The minimum Gasteiger partial charge on any atom is -0.291 e. The van der Waals surface area contributed by atoms with Crippen LogP contribution in [-0.4, -0.2) is 30.2 Å². The summed E-state index contributed by atoms with van der Waals surface area (Å²) in [6.45, 7) is 2.23. The van der Waals surface area contributed by atoms with Crippen molar-refractivity contribution in [1.29, 1.82) is 0 Å². The highest BCUT2D eigenvalue weighted by Gasteiger charge is 2.29. The van der Waals surface area contributed by atoms with Crippen LogP contribution in [0.4, 0.5) is 0 Å². The number of fused-ring (bicyclic) bond motifs is 2. The average molecular weight is 321 g/mol. The van der Waals surface area contributed by atoms with Gasteiger partial charge < -0.3 is 0 Å². The predicted molar refractivity (Wildman–Crippen MR) is 92.0 cm³/mol. The summed E-state index contributed by atoms with van der Waals surface area (Å²) in [7, 11) is 0. The van der Waals surface area contributed by atoms with Crippen molar-refractivity contribution < 1.29 is 0 Å². The van der Waals surface area contributed by atoms with Gasteiger partial charge in [0.2, 0.25) is 5.78 Å². The number of nitrogens with one attached hydrogen (secondary N) is 2. The second kappa shape index (κ2) is 5.10. The molecule has 1 aliphatic heterocycles. The van der Waals surface area contributed by atoms with Gasteiger partial charge in [0, 0.05) is 54.4 Å². The maximum absolute atomic E-state index is 4.40. The van der Waals surface area contributed by atoms with Gasteiger partial charge in [-0.1, -0.05) is 0 Å². The third-order valence-electron chi connectivity index (χ3n) is 4.75. The van der Waals surface area contributed by atoms with E-state index in [2.05, 4.69) is 46.2 Å². The first-order chi connectivity index (χ1) is 11.8. The second-order valence-corrected chi connectivity index (χ2v) is 6.50. The fraction of sp³-hybridized carbons (Fsp3) is 0.294. The topological polar surface area (TPSA) is 62.4 Å². The Morgan fingerprint density at radius 2 is 2.21 bits per heavy atom. The van der Waals surface area contributed by atoms with Crippen LogP contribution in [0.25, 0.3) is 23.0 Å². The first-order valence-corrected chi connectivity index (χ1v) is 8.28. The Bertz CT molecular complexity index is 918. The van der Waals surface area contributed by atoms with Crippen molar-refractivity contribution in [2.45, 2.75) is 25.8 Å². The van der Waals surface area contributed by atoms with Crippen molar-refractivity contribution in [3.05, 3.63) is 48.9 Å². The summed E-state index contributed by atoms with van der Waals surface area (Å²) in [5, 5.41) is 1.93. The normalized spacial score (nSPS) is 17.8. The van der Waals surface area contributed by atoms with Crippen LogP contribution in [0.3, 0.4) is 0 Å². The molecule has 1 saturated carbocycles. The number of hydrazine groups is 2. The lowest BCUT2D eigenvalue weighted by Crippen LogP contribution is -2.48. The average Bonchev–Trinajstić information content (AvgIpc) is 3.20. The quantitative estimate of drug-likeness (QED) is 0.772. The molecule has 3 aromatic rings. The zero-order valence-corrected chi connectivity index (χ0v) is 13.4. The first-order valence-electron chi connectivity index (χ1n) is 8.28. The van der Waals surface area contributed by atoms with Gasteiger partial charge in [0.05, 0.1) is 5.69 Å². The molecule has 7 heteroatoms. The molecule has 0 bridgehead atoms. The van der Waals surface area contributed by atoms with E-state index < -0.39 is 0 Å². The largest absolute Gasteiger partial charge is 0.291 e. The second-order valence-electron chi connectivity index (χ2n) is 6.50. The van der Waals surface area contributed by atoms with Gasteiger partial charge in [-0.15, -0.1) is 0 Å². The van der Waals surface area contributed by atoms with Crippen LogP contribution in [0.1, 0.15) is 25.5 Å². The molecule has 2 aliphatic rings. The number of hydrogen-bond acceptors (Lipinski definition) is 5. The minimum atomic E-state index is 0.478. The molecule has 0 amide bonds. The van der Waals surface area contributed by atoms with Crippen LogP contribution in [0, 0.1) is 5.92 Å². The molecule has 0 radical (unpaired) electrons. The molecule has 1 atom stereocenters. The molecule has 5 rings (SSSR count). The fourth-order valence-corrected chi connectivity index (χ4v) is 3.19. The highest BCUT2D eigenvalue weighted by Crippen LogP contribution is 2.32. The molecule has 0 aromatic carbocycles. The molecule has 7 nitrogen and oxygen atoms in total. The van der Waals surface area contributed by atoms with Crippen molar-refractivity contribution in [1.82, 2.24) is 29.6 Å². The van der Waals surface area contributed by atoms with E-state index in [1.807, 2.05) is 39.0 Å². The zero-order valence-electron chi connectivity index (χ0n) is 13.4. The molecular formula is C17H19N7. The predicted octanol–water partition coefficient (Wildman–Crippen LogP) is 2.25. The van der Waals surface area contributed by atoms with E-state index in [0.29, 0.717) is 11.8 Å². The van der Waals surface area contributed by atoms with E-state index >= 15 is 0 Å². The standard InChI is InChI=1S/C17H19N7/c1-12(13-2-3-13)20-24-8-5-16-15(4-7-23(16)21-24)14-10-19-17-18-6-9-22(17)11-14/h4-13,20-21H,2-3H2,1H3/t12-/m0/s1. The molecule has 1 fully saturated rings. The van der Waals surface area contributed by atoms with Crippen molar-refractivity contribution in [2.24, 2.45) is 5.92 Å². The first kappa shape index (κ1) is 13.6. The van der Waals surface area contributed by atoms with Crippen molar-refractivity contribution in [3.8, 4) is 11.1 Å². The Balaban J connectivity index is 1.42. The molecule has 24 heavy (non-hydrogen) atoms. The van der Waals surface area contributed by atoms with Gasteiger partial charge in [0.1, 0.15) is 0 Å². The van der Waals surface area contributed by atoms with Crippen LogP contribution in [-0.2, 0) is 0 Å². The van der Waals surface area contributed by atoms with Crippen LogP contribution >= 0.6 is 0 Å². The minimum absolute atomic E-state index is 0.478. The van der Waals surface area contributed by atoms with E-state index in [1.54, 1.807) is 6.20 Å². The maximum Gasteiger partial charge on any atom is 0.233 e.